The smallest absolute Gasteiger partial charge is 0.407 e. The number of carbonyl (C=O) groups excluding carboxylic acids is 1. The van der Waals surface area contributed by atoms with Gasteiger partial charge in [-0.15, -0.1) is 0 Å². The summed E-state index contributed by atoms with van der Waals surface area (Å²) in [4.78, 5) is 14.6. The molecule has 31 heavy (non-hydrogen) atoms. The number of carbonyl (C=O) groups is 1. The molecule has 1 aliphatic rings. The maximum Gasteiger partial charge on any atom is 0.407 e. The van der Waals surface area contributed by atoms with Crippen molar-refractivity contribution >= 4 is 6.09 Å². The van der Waals surface area contributed by atoms with E-state index in [1.54, 1.807) is 0 Å². The Morgan fingerprint density at radius 3 is 2.42 bits per heavy atom. The summed E-state index contributed by atoms with van der Waals surface area (Å²) in [6.07, 6.45) is -1.21. The van der Waals surface area contributed by atoms with Gasteiger partial charge in [-0.1, -0.05) is 42.5 Å². The Kier molecular flexibility index (Phi) is 7.23. The number of amides is 1. The first-order chi connectivity index (χ1) is 14.6. The van der Waals surface area contributed by atoms with E-state index in [9.17, 15) is 9.90 Å². The number of para-hydroxylation sites is 1. The van der Waals surface area contributed by atoms with Crippen LogP contribution in [0.3, 0.4) is 0 Å². The number of benzene rings is 2. The lowest BCUT2D eigenvalue weighted by Crippen LogP contribution is -2.52. The van der Waals surface area contributed by atoms with Gasteiger partial charge in [0.05, 0.1) is 12.1 Å². The lowest BCUT2D eigenvalue weighted by atomic mass is 10.1. The maximum atomic E-state index is 12.5. The number of hydrogen-bond donors (Lipinski definition) is 2. The van der Waals surface area contributed by atoms with E-state index in [-0.39, 0.29) is 12.1 Å². The Hall–Kier alpha value is -2.57. The van der Waals surface area contributed by atoms with Crippen LogP contribution >= 0.6 is 0 Å². The van der Waals surface area contributed by atoms with E-state index < -0.39 is 23.9 Å². The molecule has 0 heterocycles. The first-order valence-electron chi connectivity index (χ1n) is 10.8. The fraction of sp³-hybridized carbons (Fsp3) is 0.480. The zero-order chi connectivity index (χ0) is 22.6. The van der Waals surface area contributed by atoms with Crippen molar-refractivity contribution in [1.29, 1.82) is 0 Å². The predicted octanol–water partition coefficient (Wildman–Crippen LogP) is 3.90. The third-order valence-corrected chi connectivity index (χ3v) is 5.55. The fourth-order valence-corrected chi connectivity index (χ4v) is 4.11. The molecule has 1 fully saturated rings. The summed E-state index contributed by atoms with van der Waals surface area (Å²) in [5, 5.41) is 14.2. The lowest BCUT2D eigenvalue weighted by molar-refractivity contribution is 0.0108. The molecule has 1 aliphatic carbocycles. The van der Waals surface area contributed by atoms with Gasteiger partial charge in [-0.3, -0.25) is 4.90 Å². The van der Waals surface area contributed by atoms with Crippen LogP contribution in [0.15, 0.2) is 54.6 Å². The predicted molar refractivity (Wildman–Crippen MR) is 121 cm³/mol. The first kappa shape index (κ1) is 23.1. The fourth-order valence-electron chi connectivity index (χ4n) is 4.11. The summed E-state index contributed by atoms with van der Waals surface area (Å²) >= 11 is 0. The zero-order valence-corrected chi connectivity index (χ0v) is 19.0. The van der Waals surface area contributed by atoms with Gasteiger partial charge < -0.3 is 19.9 Å². The number of likely N-dealkylation sites (N-methyl/N-ethyl adjacent to an activating group) is 1. The van der Waals surface area contributed by atoms with E-state index >= 15 is 0 Å². The molecule has 168 valence electrons. The van der Waals surface area contributed by atoms with Gasteiger partial charge in [-0.25, -0.2) is 4.79 Å². The van der Waals surface area contributed by atoms with Crippen LogP contribution in [0, 0.1) is 6.92 Å². The summed E-state index contributed by atoms with van der Waals surface area (Å²) in [6.45, 7) is 8.22. The number of alkyl carbamates (subject to hydrolysis) is 1. The van der Waals surface area contributed by atoms with Crippen molar-refractivity contribution in [3.63, 3.8) is 0 Å². The Labute approximate surface area is 185 Å². The molecule has 0 radical (unpaired) electrons. The monoisotopic (exact) mass is 426 g/mol. The largest absolute Gasteiger partial charge is 0.488 e. The molecular weight excluding hydrogens is 392 g/mol. The zero-order valence-electron chi connectivity index (χ0n) is 19.0. The average Bonchev–Trinajstić information content (AvgIpc) is 2.97. The third-order valence-electron chi connectivity index (χ3n) is 5.55. The summed E-state index contributed by atoms with van der Waals surface area (Å²) in [5.41, 5.74) is 1.78. The topological polar surface area (TPSA) is 71.0 Å². The van der Waals surface area contributed by atoms with Crippen molar-refractivity contribution in [3.05, 3.63) is 65.7 Å². The normalized spacial score (nSPS) is 23.6. The number of aliphatic hydroxyl groups is 1. The number of rotatable bonds is 6. The van der Waals surface area contributed by atoms with Gasteiger partial charge >= 0.3 is 6.09 Å². The molecule has 0 aliphatic heterocycles. The van der Waals surface area contributed by atoms with Gasteiger partial charge in [0.2, 0.25) is 0 Å². The van der Waals surface area contributed by atoms with Crippen LogP contribution in [0.25, 0.3) is 0 Å². The van der Waals surface area contributed by atoms with Crippen LogP contribution in [0.4, 0.5) is 4.79 Å². The van der Waals surface area contributed by atoms with E-state index in [1.807, 2.05) is 70.3 Å². The highest BCUT2D eigenvalue weighted by atomic mass is 16.6. The Morgan fingerprint density at radius 1 is 1.13 bits per heavy atom. The van der Waals surface area contributed by atoms with E-state index in [0.29, 0.717) is 18.7 Å². The first-order valence-corrected chi connectivity index (χ1v) is 10.8. The summed E-state index contributed by atoms with van der Waals surface area (Å²) in [7, 11) is 1.97. The summed E-state index contributed by atoms with van der Waals surface area (Å²) in [6, 6.07) is 17.0. The molecule has 1 amide bonds. The number of aryl methyl sites for hydroxylation is 1. The van der Waals surface area contributed by atoms with Crippen molar-refractivity contribution in [1.82, 2.24) is 10.2 Å². The lowest BCUT2D eigenvalue weighted by Gasteiger charge is -2.33. The molecule has 2 aromatic rings. The molecule has 2 N–H and O–H groups in total. The summed E-state index contributed by atoms with van der Waals surface area (Å²) in [5.74, 6) is 0.699. The van der Waals surface area contributed by atoms with Gasteiger partial charge in [-0.05, 0) is 58.0 Å². The molecule has 0 unspecified atom stereocenters. The van der Waals surface area contributed by atoms with Crippen molar-refractivity contribution in [2.45, 2.75) is 70.6 Å². The molecule has 3 rings (SSSR count). The molecule has 6 heteroatoms. The van der Waals surface area contributed by atoms with Crippen LogP contribution in [-0.4, -0.2) is 53.0 Å². The highest BCUT2D eigenvalue weighted by Crippen LogP contribution is 2.30. The number of nitrogens with one attached hydrogen (secondary N) is 1. The number of nitrogens with zero attached hydrogens (tertiary/aromatic N) is 1. The number of aliphatic hydroxyl groups excluding tert-OH is 1. The molecule has 6 nitrogen and oxygen atoms in total. The van der Waals surface area contributed by atoms with Gasteiger partial charge in [-0.2, -0.15) is 0 Å². The van der Waals surface area contributed by atoms with Crippen molar-refractivity contribution in [2.75, 3.05) is 7.05 Å². The van der Waals surface area contributed by atoms with Crippen molar-refractivity contribution < 1.29 is 19.4 Å². The molecule has 1 saturated carbocycles. The quantitative estimate of drug-likeness (QED) is 0.733. The molecule has 0 saturated heterocycles. The van der Waals surface area contributed by atoms with Gasteiger partial charge in [0.25, 0.3) is 0 Å². The van der Waals surface area contributed by atoms with Crippen molar-refractivity contribution in [3.8, 4) is 5.75 Å². The summed E-state index contributed by atoms with van der Waals surface area (Å²) < 4.78 is 11.5. The second-order valence-corrected chi connectivity index (χ2v) is 9.28. The van der Waals surface area contributed by atoms with Crippen molar-refractivity contribution in [2.24, 2.45) is 0 Å². The molecule has 0 bridgehead atoms. The van der Waals surface area contributed by atoms with Gasteiger partial charge in [0.15, 0.2) is 0 Å². The number of hydrogen-bond acceptors (Lipinski definition) is 5. The Bertz CT molecular complexity index is 865. The molecule has 4 atom stereocenters. The number of ether oxygens (including phenoxy) is 2. The Morgan fingerprint density at radius 2 is 1.77 bits per heavy atom. The molecule has 2 aromatic carbocycles. The second-order valence-electron chi connectivity index (χ2n) is 9.28. The second kappa shape index (κ2) is 9.71. The van der Waals surface area contributed by atoms with Gasteiger partial charge in [0.1, 0.15) is 23.6 Å². The Balaban J connectivity index is 1.78. The standard InChI is InChI=1S/C25H34N2O4/c1-17-11-9-10-12-18(17)16-27(5)22-20(26-24(29)31-25(2,3)4)15-21(23(22)28)30-19-13-7-6-8-14-19/h6-14,20-23,28H,15-16H2,1-5H3,(H,26,29)/t20-,21-,22+,23+/m1/s1. The SMILES string of the molecule is Cc1ccccc1CN(C)[C@@H]1[C@@H](O)[C@H](Oc2ccccc2)C[C@H]1NC(=O)OC(C)(C)C. The van der Waals surface area contributed by atoms with Gasteiger partial charge in [0, 0.05) is 13.0 Å². The molecular formula is C25H34N2O4. The minimum absolute atomic E-state index is 0.312. The van der Waals surface area contributed by atoms with E-state index in [2.05, 4.69) is 29.3 Å². The molecule has 0 spiro atoms. The van der Waals surface area contributed by atoms with E-state index in [4.69, 9.17) is 9.47 Å². The van der Waals surface area contributed by atoms with Crippen LogP contribution < -0.4 is 10.1 Å². The maximum absolute atomic E-state index is 12.5. The highest BCUT2D eigenvalue weighted by molar-refractivity contribution is 5.68. The third kappa shape index (κ3) is 6.21. The van der Waals surface area contributed by atoms with Crippen LogP contribution in [-0.2, 0) is 11.3 Å². The van der Waals surface area contributed by atoms with Crippen LogP contribution in [0.1, 0.15) is 38.3 Å². The van der Waals surface area contributed by atoms with Crippen LogP contribution in [0.5, 0.6) is 5.75 Å². The average molecular weight is 427 g/mol. The van der Waals surface area contributed by atoms with Crippen LogP contribution in [0.2, 0.25) is 0 Å². The minimum Gasteiger partial charge on any atom is -0.488 e. The molecule has 0 aromatic heterocycles. The minimum atomic E-state index is -0.769. The van der Waals surface area contributed by atoms with E-state index in [0.717, 1.165) is 0 Å². The van der Waals surface area contributed by atoms with E-state index in [1.165, 1.54) is 11.1 Å². The highest BCUT2D eigenvalue weighted by Gasteiger charge is 2.47.